The fraction of sp³-hybridized carbons (Fsp3) is 0.647. The van der Waals surface area contributed by atoms with Crippen molar-refractivity contribution in [1.29, 1.82) is 0 Å². The highest BCUT2D eigenvalue weighted by molar-refractivity contribution is 5.32. The summed E-state index contributed by atoms with van der Waals surface area (Å²) in [6, 6.07) is 8.62. The van der Waals surface area contributed by atoms with Crippen molar-refractivity contribution in [3.05, 3.63) is 35.4 Å². The second-order valence-electron chi connectivity index (χ2n) is 6.45. The largest absolute Gasteiger partial charge is 0.385 e. The topological polar surface area (TPSA) is 29.5 Å². The highest BCUT2D eigenvalue weighted by Crippen LogP contribution is 2.41. The maximum absolute atomic E-state index is 11.0. The molecule has 0 bridgehead atoms. The fourth-order valence-corrected chi connectivity index (χ4v) is 3.59. The van der Waals surface area contributed by atoms with Gasteiger partial charge in [0.1, 0.15) is 0 Å². The predicted octanol–water partition coefficient (Wildman–Crippen LogP) is 3.73. The quantitative estimate of drug-likeness (QED) is 0.878. The van der Waals surface area contributed by atoms with Gasteiger partial charge in [-0.05, 0) is 43.7 Å². The van der Waals surface area contributed by atoms with Crippen LogP contribution in [0.4, 0.5) is 0 Å². The summed E-state index contributed by atoms with van der Waals surface area (Å²) < 4.78 is 5.75. The highest BCUT2D eigenvalue weighted by atomic mass is 16.5. The van der Waals surface area contributed by atoms with E-state index in [1.807, 2.05) is 0 Å². The van der Waals surface area contributed by atoms with E-state index in [4.69, 9.17) is 4.74 Å². The minimum absolute atomic E-state index is 0.126. The van der Waals surface area contributed by atoms with Gasteiger partial charge in [0.25, 0.3) is 0 Å². The molecule has 2 fully saturated rings. The molecule has 0 amide bonds. The first kappa shape index (κ1) is 13.1. The molecule has 1 aromatic rings. The molecule has 1 N–H and O–H groups in total. The summed E-state index contributed by atoms with van der Waals surface area (Å²) in [5.74, 6) is 0.721. The van der Waals surface area contributed by atoms with E-state index < -0.39 is 5.60 Å². The van der Waals surface area contributed by atoms with Crippen LogP contribution in [0.5, 0.6) is 0 Å². The van der Waals surface area contributed by atoms with Crippen molar-refractivity contribution in [1.82, 2.24) is 0 Å². The van der Waals surface area contributed by atoms with Gasteiger partial charge >= 0.3 is 0 Å². The maximum Gasteiger partial charge on any atom is 0.0945 e. The van der Waals surface area contributed by atoms with Crippen LogP contribution in [0.15, 0.2) is 24.3 Å². The van der Waals surface area contributed by atoms with E-state index in [1.54, 1.807) is 0 Å². The molecule has 1 aliphatic heterocycles. The Kier molecular flexibility index (Phi) is 3.40. The van der Waals surface area contributed by atoms with Gasteiger partial charge in [0.15, 0.2) is 0 Å². The highest BCUT2D eigenvalue weighted by Gasteiger charge is 2.38. The first-order valence-corrected chi connectivity index (χ1v) is 7.55. The minimum Gasteiger partial charge on any atom is -0.385 e. The van der Waals surface area contributed by atoms with E-state index in [-0.39, 0.29) is 12.2 Å². The van der Waals surface area contributed by atoms with Gasteiger partial charge in [-0.25, -0.2) is 0 Å². The van der Waals surface area contributed by atoms with Crippen LogP contribution < -0.4 is 0 Å². The Balaban J connectivity index is 1.87. The fourth-order valence-electron chi connectivity index (χ4n) is 3.59. The lowest BCUT2D eigenvalue weighted by molar-refractivity contribution is -0.135. The van der Waals surface area contributed by atoms with Gasteiger partial charge in [-0.1, -0.05) is 30.7 Å². The van der Waals surface area contributed by atoms with Gasteiger partial charge < -0.3 is 9.84 Å². The van der Waals surface area contributed by atoms with Crippen LogP contribution in [-0.4, -0.2) is 17.3 Å². The standard InChI is InChI=1S/C17H24O2/c1-12-10-17(18,11-13(2)19-12)16-8-4-7-15(9-16)14-5-3-6-14/h4,7-9,12-14,18H,3,5-6,10-11H2,1-2H3. The molecule has 104 valence electrons. The molecule has 2 nitrogen and oxygen atoms in total. The summed E-state index contributed by atoms with van der Waals surface area (Å²) in [4.78, 5) is 0. The number of aliphatic hydroxyl groups is 1. The Morgan fingerprint density at radius 3 is 2.42 bits per heavy atom. The summed E-state index contributed by atoms with van der Waals surface area (Å²) in [6.07, 6.45) is 5.61. The normalized spacial score (nSPS) is 35.9. The summed E-state index contributed by atoms with van der Waals surface area (Å²) in [6.45, 7) is 4.10. The van der Waals surface area contributed by atoms with Crippen LogP contribution in [-0.2, 0) is 10.3 Å². The summed E-state index contributed by atoms with van der Waals surface area (Å²) in [7, 11) is 0. The van der Waals surface area contributed by atoms with Gasteiger partial charge in [-0.2, -0.15) is 0 Å². The number of benzene rings is 1. The summed E-state index contributed by atoms with van der Waals surface area (Å²) in [5, 5.41) is 11.0. The number of hydrogen-bond acceptors (Lipinski definition) is 2. The smallest absolute Gasteiger partial charge is 0.0945 e. The molecule has 0 radical (unpaired) electrons. The Hall–Kier alpha value is -0.860. The Morgan fingerprint density at radius 1 is 1.16 bits per heavy atom. The second kappa shape index (κ2) is 4.92. The first-order chi connectivity index (χ1) is 9.07. The van der Waals surface area contributed by atoms with Gasteiger partial charge in [0.05, 0.1) is 17.8 Å². The monoisotopic (exact) mass is 260 g/mol. The van der Waals surface area contributed by atoms with E-state index in [2.05, 4.69) is 38.1 Å². The van der Waals surface area contributed by atoms with Gasteiger partial charge in [-0.15, -0.1) is 0 Å². The average molecular weight is 260 g/mol. The van der Waals surface area contributed by atoms with Gasteiger partial charge in [-0.3, -0.25) is 0 Å². The molecule has 2 atom stereocenters. The zero-order valence-corrected chi connectivity index (χ0v) is 11.9. The van der Waals surface area contributed by atoms with E-state index in [0.717, 1.165) is 11.5 Å². The average Bonchev–Trinajstić information content (AvgIpc) is 2.25. The lowest BCUT2D eigenvalue weighted by Gasteiger charge is -2.40. The van der Waals surface area contributed by atoms with Gasteiger partial charge in [0.2, 0.25) is 0 Å². The van der Waals surface area contributed by atoms with Crippen molar-refractivity contribution in [2.24, 2.45) is 0 Å². The van der Waals surface area contributed by atoms with Crippen molar-refractivity contribution in [3.63, 3.8) is 0 Å². The third-order valence-corrected chi connectivity index (χ3v) is 4.72. The number of hydrogen-bond donors (Lipinski definition) is 1. The molecule has 1 saturated heterocycles. The van der Waals surface area contributed by atoms with Crippen molar-refractivity contribution < 1.29 is 9.84 Å². The maximum atomic E-state index is 11.0. The van der Waals surface area contributed by atoms with Gasteiger partial charge in [0, 0.05) is 12.8 Å². The minimum atomic E-state index is -0.711. The zero-order valence-electron chi connectivity index (χ0n) is 11.9. The molecule has 0 aromatic heterocycles. The van der Waals surface area contributed by atoms with E-state index in [1.165, 1.54) is 24.8 Å². The Labute approximate surface area is 115 Å². The number of ether oxygens (including phenoxy) is 1. The molecule has 19 heavy (non-hydrogen) atoms. The molecule has 1 aliphatic carbocycles. The molecule has 2 aliphatic rings. The molecule has 1 saturated carbocycles. The second-order valence-corrected chi connectivity index (χ2v) is 6.45. The van der Waals surface area contributed by atoms with Crippen molar-refractivity contribution >= 4 is 0 Å². The third-order valence-electron chi connectivity index (χ3n) is 4.72. The van der Waals surface area contributed by atoms with Crippen LogP contribution in [0.2, 0.25) is 0 Å². The van der Waals surface area contributed by atoms with Crippen molar-refractivity contribution in [3.8, 4) is 0 Å². The van der Waals surface area contributed by atoms with Crippen LogP contribution in [0.1, 0.15) is 63.0 Å². The lowest BCUT2D eigenvalue weighted by Crippen LogP contribution is -2.41. The molecule has 2 heteroatoms. The molecule has 1 aromatic carbocycles. The van der Waals surface area contributed by atoms with E-state index in [0.29, 0.717) is 12.8 Å². The SMILES string of the molecule is CC1CC(O)(c2cccc(C3CCC3)c2)CC(C)O1. The third kappa shape index (κ3) is 2.56. The first-order valence-electron chi connectivity index (χ1n) is 7.55. The van der Waals surface area contributed by atoms with Crippen LogP contribution in [0, 0.1) is 0 Å². The molecule has 3 rings (SSSR count). The van der Waals surface area contributed by atoms with Crippen molar-refractivity contribution in [2.75, 3.05) is 0 Å². The van der Waals surface area contributed by atoms with Crippen LogP contribution in [0.25, 0.3) is 0 Å². The summed E-state index contributed by atoms with van der Waals surface area (Å²) in [5.41, 5.74) is 1.78. The lowest BCUT2D eigenvalue weighted by atomic mass is 9.76. The zero-order chi connectivity index (χ0) is 13.5. The number of rotatable bonds is 2. The van der Waals surface area contributed by atoms with Crippen LogP contribution in [0.3, 0.4) is 0 Å². The Morgan fingerprint density at radius 2 is 1.84 bits per heavy atom. The molecular formula is C17H24O2. The predicted molar refractivity (Wildman–Crippen MR) is 76.2 cm³/mol. The molecule has 2 unspecified atom stereocenters. The Bertz CT molecular complexity index is 440. The van der Waals surface area contributed by atoms with Crippen LogP contribution >= 0.6 is 0 Å². The molecule has 0 spiro atoms. The molecule has 1 heterocycles. The van der Waals surface area contributed by atoms with E-state index >= 15 is 0 Å². The van der Waals surface area contributed by atoms with Crippen molar-refractivity contribution in [2.45, 2.75) is 69.7 Å². The molecular weight excluding hydrogens is 236 g/mol. The van der Waals surface area contributed by atoms with E-state index in [9.17, 15) is 5.11 Å². The summed E-state index contributed by atoms with van der Waals surface area (Å²) >= 11 is 0.